The molecular weight excluding hydrogens is 354 g/mol. The van der Waals surface area contributed by atoms with Gasteiger partial charge in [-0.05, 0) is 65.8 Å². The van der Waals surface area contributed by atoms with Gasteiger partial charge < -0.3 is 19.3 Å². The Hall–Kier alpha value is -2.50. The number of piperazine rings is 1. The molecule has 0 atom stereocenters. The fourth-order valence-electron chi connectivity index (χ4n) is 3.14. The summed E-state index contributed by atoms with van der Waals surface area (Å²) in [6, 6.07) is 10.2. The summed E-state index contributed by atoms with van der Waals surface area (Å²) in [5.74, 6) is 0.638. The number of ether oxygens (including phenoxy) is 2. The second-order valence-electron chi connectivity index (χ2n) is 9.20. The van der Waals surface area contributed by atoms with Gasteiger partial charge in [0.05, 0.1) is 5.52 Å². The number of benzene rings is 1. The Balaban J connectivity index is 1.66. The maximum Gasteiger partial charge on any atom is 0.410 e. The maximum absolute atomic E-state index is 12.2. The molecule has 6 heteroatoms. The molecule has 0 bridgehead atoms. The number of carbonyl (C=O) groups excluding carboxylic acids is 1. The van der Waals surface area contributed by atoms with E-state index in [9.17, 15) is 4.79 Å². The molecule has 1 amide bonds. The lowest BCUT2D eigenvalue weighted by Gasteiger charge is -2.36. The minimum absolute atomic E-state index is 0.235. The van der Waals surface area contributed by atoms with Crippen molar-refractivity contribution in [3.8, 4) is 5.88 Å². The van der Waals surface area contributed by atoms with Crippen molar-refractivity contribution in [3.63, 3.8) is 0 Å². The van der Waals surface area contributed by atoms with E-state index in [0.717, 1.165) is 29.7 Å². The number of nitrogens with zero attached hydrogens (tertiary/aromatic N) is 3. The number of anilines is 1. The van der Waals surface area contributed by atoms with Gasteiger partial charge in [0, 0.05) is 43.3 Å². The molecule has 2 aromatic rings. The molecule has 0 aliphatic carbocycles. The van der Waals surface area contributed by atoms with Gasteiger partial charge in [0.15, 0.2) is 0 Å². The van der Waals surface area contributed by atoms with Crippen LogP contribution in [-0.4, -0.2) is 53.4 Å². The van der Waals surface area contributed by atoms with Crippen molar-refractivity contribution in [1.82, 2.24) is 9.88 Å². The first-order valence-corrected chi connectivity index (χ1v) is 9.83. The third-order valence-electron chi connectivity index (χ3n) is 4.35. The standard InChI is InChI=1S/C22H31N3O3/c1-21(2,3)27-19-10-7-16-15-17(8-9-18(16)23-19)24-11-13-25(14-12-24)20(26)28-22(4,5)6/h7-10,15H,11-14H2,1-6H3. The number of hydrogen-bond acceptors (Lipinski definition) is 5. The lowest BCUT2D eigenvalue weighted by molar-refractivity contribution is 0.0240. The first kappa shape index (κ1) is 20.2. The van der Waals surface area contributed by atoms with Crippen LogP contribution in [0, 0.1) is 0 Å². The quantitative estimate of drug-likeness (QED) is 0.763. The molecule has 1 saturated heterocycles. The highest BCUT2D eigenvalue weighted by molar-refractivity contribution is 5.83. The van der Waals surface area contributed by atoms with Crippen LogP contribution in [0.3, 0.4) is 0 Å². The first-order valence-electron chi connectivity index (χ1n) is 9.83. The van der Waals surface area contributed by atoms with Crippen LogP contribution < -0.4 is 9.64 Å². The predicted molar refractivity (Wildman–Crippen MR) is 112 cm³/mol. The van der Waals surface area contributed by atoms with Crippen LogP contribution in [-0.2, 0) is 4.74 Å². The van der Waals surface area contributed by atoms with Crippen molar-refractivity contribution in [3.05, 3.63) is 30.3 Å². The second-order valence-corrected chi connectivity index (χ2v) is 9.20. The van der Waals surface area contributed by atoms with Gasteiger partial charge in [0.2, 0.25) is 5.88 Å². The molecule has 6 nitrogen and oxygen atoms in total. The molecular formula is C22H31N3O3. The van der Waals surface area contributed by atoms with Crippen LogP contribution in [0.15, 0.2) is 30.3 Å². The highest BCUT2D eigenvalue weighted by Gasteiger charge is 2.26. The Labute approximate surface area is 167 Å². The van der Waals surface area contributed by atoms with E-state index in [1.54, 1.807) is 4.90 Å². The van der Waals surface area contributed by atoms with Crippen LogP contribution in [0.1, 0.15) is 41.5 Å². The van der Waals surface area contributed by atoms with E-state index in [-0.39, 0.29) is 11.7 Å². The highest BCUT2D eigenvalue weighted by atomic mass is 16.6. The van der Waals surface area contributed by atoms with Crippen molar-refractivity contribution in [2.24, 2.45) is 0 Å². The molecule has 0 unspecified atom stereocenters. The smallest absolute Gasteiger partial charge is 0.410 e. The second kappa shape index (κ2) is 7.49. The zero-order valence-electron chi connectivity index (χ0n) is 17.8. The normalized spacial score (nSPS) is 15.6. The van der Waals surface area contributed by atoms with Gasteiger partial charge in [-0.2, -0.15) is 0 Å². The topological polar surface area (TPSA) is 54.9 Å². The molecule has 0 radical (unpaired) electrons. The lowest BCUT2D eigenvalue weighted by atomic mass is 10.1. The van der Waals surface area contributed by atoms with Crippen LogP contribution in [0.5, 0.6) is 5.88 Å². The van der Waals surface area contributed by atoms with Gasteiger partial charge >= 0.3 is 6.09 Å². The third kappa shape index (κ3) is 5.27. The molecule has 1 fully saturated rings. The number of rotatable bonds is 2. The average Bonchev–Trinajstić information content (AvgIpc) is 2.58. The zero-order valence-corrected chi connectivity index (χ0v) is 17.8. The number of carbonyl (C=O) groups is 1. The van der Waals surface area contributed by atoms with E-state index in [2.05, 4.69) is 22.0 Å². The van der Waals surface area contributed by atoms with Gasteiger partial charge in [-0.3, -0.25) is 0 Å². The van der Waals surface area contributed by atoms with E-state index in [0.29, 0.717) is 19.0 Å². The van der Waals surface area contributed by atoms with Crippen molar-refractivity contribution in [1.29, 1.82) is 0 Å². The summed E-state index contributed by atoms with van der Waals surface area (Å²) >= 11 is 0. The molecule has 0 saturated carbocycles. The average molecular weight is 386 g/mol. The molecule has 1 aliphatic heterocycles. The summed E-state index contributed by atoms with van der Waals surface area (Å²) in [5.41, 5.74) is 1.32. The number of fused-ring (bicyclic) bond motifs is 1. The Morgan fingerprint density at radius 3 is 2.21 bits per heavy atom. The Morgan fingerprint density at radius 2 is 1.61 bits per heavy atom. The molecule has 0 N–H and O–H groups in total. The minimum atomic E-state index is -0.463. The summed E-state index contributed by atoms with van der Waals surface area (Å²) < 4.78 is 11.3. The highest BCUT2D eigenvalue weighted by Crippen LogP contribution is 2.25. The minimum Gasteiger partial charge on any atom is -0.472 e. The van der Waals surface area contributed by atoms with E-state index < -0.39 is 5.60 Å². The first-order chi connectivity index (χ1) is 13.0. The van der Waals surface area contributed by atoms with E-state index in [1.165, 1.54) is 0 Å². The summed E-state index contributed by atoms with van der Waals surface area (Å²) in [5, 5.41) is 1.08. The van der Waals surface area contributed by atoms with Gasteiger partial charge in [0.1, 0.15) is 11.2 Å². The molecule has 152 valence electrons. The van der Waals surface area contributed by atoms with Crippen LogP contribution in [0.2, 0.25) is 0 Å². The molecule has 1 aliphatic rings. The van der Waals surface area contributed by atoms with E-state index in [4.69, 9.17) is 9.47 Å². The monoisotopic (exact) mass is 385 g/mol. The van der Waals surface area contributed by atoms with Crippen molar-refractivity contribution in [2.45, 2.75) is 52.7 Å². The third-order valence-corrected chi connectivity index (χ3v) is 4.35. The Kier molecular flexibility index (Phi) is 5.41. The van der Waals surface area contributed by atoms with Crippen LogP contribution in [0.25, 0.3) is 10.9 Å². The fourth-order valence-corrected chi connectivity index (χ4v) is 3.14. The SMILES string of the molecule is CC(C)(C)OC(=O)N1CCN(c2ccc3nc(OC(C)(C)C)ccc3c2)CC1. The predicted octanol–water partition coefficient (Wildman–Crippen LogP) is 4.47. The van der Waals surface area contributed by atoms with Crippen molar-refractivity contribution in [2.75, 3.05) is 31.1 Å². The van der Waals surface area contributed by atoms with Gasteiger partial charge in [-0.15, -0.1) is 0 Å². The van der Waals surface area contributed by atoms with E-state index in [1.807, 2.05) is 59.7 Å². The number of hydrogen-bond donors (Lipinski definition) is 0. The van der Waals surface area contributed by atoms with Gasteiger partial charge in [0.25, 0.3) is 0 Å². The summed E-state index contributed by atoms with van der Waals surface area (Å²) in [7, 11) is 0. The zero-order chi connectivity index (χ0) is 20.5. The fraction of sp³-hybridized carbons (Fsp3) is 0.545. The lowest BCUT2D eigenvalue weighted by Crippen LogP contribution is -2.50. The van der Waals surface area contributed by atoms with Crippen molar-refractivity contribution >= 4 is 22.7 Å². The van der Waals surface area contributed by atoms with Crippen molar-refractivity contribution < 1.29 is 14.3 Å². The van der Waals surface area contributed by atoms with Gasteiger partial charge in [-0.1, -0.05) is 0 Å². The summed E-state index contributed by atoms with van der Waals surface area (Å²) in [6.07, 6.45) is -0.235. The largest absolute Gasteiger partial charge is 0.472 e. The van der Waals surface area contributed by atoms with Crippen LogP contribution >= 0.6 is 0 Å². The van der Waals surface area contributed by atoms with Crippen LogP contribution in [0.4, 0.5) is 10.5 Å². The molecule has 0 spiro atoms. The number of amides is 1. The van der Waals surface area contributed by atoms with Gasteiger partial charge in [-0.25, -0.2) is 9.78 Å². The molecule has 1 aromatic carbocycles. The van der Waals surface area contributed by atoms with E-state index >= 15 is 0 Å². The summed E-state index contributed by atoms with van der Waals surface area (Å²) in [6.45, 7) is 14.6. The molecule has 3 rings (SSSR count). The number of pyridine rings is 1. The molecule has 2 heterocycles. The molecule has 1 aromatic heterocycles. The summed E-state index contributed by atoms with van der Waals surface area (Å²) in [4.78, 5) is 20.9. The Bertz CT molecular complexity index is 844. The number of aromatic nitrogens is 1. The maximum atomic E-state index is 12.2. The Morgan fingerprint density at radius 1 is 0.929 bits per heavy atom. The molecule has 28 heavy (non-hydrogen) atoms.